The molecule has 1 heterocycles. The zero-order valence-electron chi connectivity index (χ0n) is 14.8. The second-order valence-electron chi connectivity index (χ2n) is 6.66. The van der Waals surface area contributed by atoms with Crippen LogP contribution in [0.4, 0.5) is 15.8 Å². The normalized spacial score (nSPS) is 15.2. The summed E-state index contributed by atoms with van der Waals surface area (Å²) >= 11 is 0. The number of nitrogens with zero attached hydrogens (tertiary/aromatic N) is 2. The summed E-state index contributed by atoms with van der Waals surface area (Å²) in [6, 6.07) is 12.6. The van der Waals surface area contributed by atoms with Crippen LogP contribution in [0, 0.1) is 19.7 Å². The number of nitrogens with one attached hydrogen (secondary N) is 1. The molecule has 2 aromatic carbocycles. The van der Waals surface area contributed by atoms with Crippen molar-refractivity contribution in [1.82, 2.24) is 4.90 Å². The Hall–Kier alpha value is -2.40. The van der Waals surface area contributed by atoms with Gasteiger partial charge >= 0.3 is 0 Å². The van der Waals surface area contributed by atoms with Crippen molar-refractivity contribution < 1.29 is 9.18 Å². The van der Waals surface area contributed by atoms with Crippen molar-refractivity contribution in [3.63, 3.8) is 0 Å². The van der Waals surface area contributed by atoms with Crippen molar-refractivity contribution in [3.8, 4) is 0 Å². The average Bonchev–Trinajstić information content (AvgIpc) is 2.55. The van der Waals surface area contributed by atoms with Crippen LogP contribution in [-0.2, 0) is 4.79 Å². The van der Waals surface area contributed by atoms with Gasteiger partial charge in [0.05, 0.1) is 6.54 Å². The van der Waals surface area contributed by atoms with E-state index < -0.39 is 0 Å². The van der Waals surface area contributed by atoms with Gasteiger partial charge in [0, 0.05) is 37.6 Å². The van der Waals surface area contributed by atoms with Gasteiger partial charge < -0.3 is 10.2 Å². The van der Waals surface area contributed by atoms with E-state index in [1.54, 1.807) is 12.1 Å². The average molecular weight is 341 g/mol. The zero-order valence-corrected chi connectivity index (χ0v) is 14.8. The lowest BCUT2D eigenvalue weighted by atomic mass is 10.1. The van der Waals surface area contributed by atoms with Gasteiger partial charge in [-0.15, -0.1) is 0 Å². The maximum atomic E-state index is 13.0. The predicted octanol–water partition coefficient (Wildman–Crippen LogP) is 3.20. The molecule has 0 saturated carbocycles. The molecule has 0 spiro atoms. The monoisotopic (exact) mass is 341 g/mol. The Labute approximate surface area is 148 Å². The Bertz CT molecular complexity index is 717. The largest absolute Gasteiger partial charge is 0.369 e. The van der Waals surface area contributed by atoms with Crippen molar-refractivity contribution in [2.75, 3.05) is 42.9 Å². The fraction of sp³-hybridized carbons (Fsp3) is 0.350. The molecule has 1 N–H and O–H groups in total. The molecule has 5 heteroatoms. The summed E-state index contributed by atoms with van der Waals surface area (Å²) in [5.74, 6) is -0.203. The van der Waals surface area contributed by atoms with E-state index in [0.29, 0.717) is 6.54 Å². The van der Waals surface area contributed by atoms with Gasteiger partial charge in [0.15, 0.2) is 0 Å². The number of anilines is 2. The molecule has 1 amide bonds. The third-order valence-corrected chi connectivity index (χ3v) is 4.44. The molecule has 132 valence electrons. The van der Waals surface area contributed by atoms with Crippen LogP contribution >= 0.6 is 0 Å². The first-order chi connectivity index (χ1) is 12.0. The number of hydrogen-bond donors (Lipinski definition) is 1. The maximum Gasteiger partial charge on any atom is 0.238 e. The molecule has 1 aliphatic heterocycles. The summed E-state index contributed by atoms with van der Waals surface area (Å²) in [4.78, 5) is 16.7. The molecule has 0 bridgehead atoms. The highest BCUT2D eigenvalue weighted by atomic mass is 19.1. The van der Waals surface area contributed by atoms with Gasteiger partial charge in [-0.3, -0.25) is 9.69 Å². The van der Waals surface area contributed by atoms with Crippen LogP contribution in [-0.4, -0.2) is 43.5 Å². The van der Waals surface area contributed by atoms with Crippen LogP contribution in [0.1, 0.15) is 11.1 Å². The molecule has 3 rings (SSSR count). The second-order valence-corrected chi connectivity index (χ2v) is 6.66. The lowest BCUT2D eigenvalue weighted by Crippen LogP contribution is -2.48. The maximum absolute atomic E-state index is 13.0. The molecule has 1 aliphatic rings. The second kappa shape index (κ2) is 7.66. The number of amides is 1. The number of halogens is 1. The van der Waals surface area contributed by atoms with Crippen molar-refractivity contribution in [2.24, 2.45) is 0 Å². The summed E-state index contributed by atoms with van der Waals surface area (Å²) in [5, 5.41) is 2.98. The molecule has 0 atom stereocenters. The van der Waals surface area contributed by atoms with E-state index in [4.69, 9.17) is 0 Å². The summed E-state index contributed by atoms with van der Waals surface area (Å²) in [7, 11) is 0. The van der Waals surface area contributed by atoms with Crippen LogP contribution in [0.3, 0.4) is 0 Å². The van der Waals surface area contributed by atoms with E-state index in [1.807, 2.05) is 26.0 Å². The van der Waals surface area contributed by atoms with Crippen LogP contribution < -0.4 is 10.2 Å². The lowest BCUT2D eigenvalue weighted by Gasteiger charge is -2.35. The van der Waals surface area contributed by atoms with Crippen LogP contribution in [0.15, 0.2) is 42.5 Å². The van der Waals surface area contributed by atoms with Gasteiger partial charge in [0.1, 0.15) is 5.82 Å². The molecule has 4 nitrogen and oxygen atoms in total. The Morgan fingerprint density at radius 2 is 1.60 bits per heavy atom. The number of rotatable bonds is 4. The number of piperazine rings is 1. The number of carbonyl (C=O) groups excluding carboxylic acids is 1. The summed E-state index contributed by atoms with van der Waals surface area (Å²) in [6.45, 7) is 7.75. The summed E-state index contributed by atoms with van der Waals surface area (Å²) in [5.41, 5.74) is 4.17. The standard InChI is InChI=1S/C20H24FN3O/c1-15-11-16(2)13-18(12-15)22-20(25)14-23-7-9-24(10-8-23)19-5-3-17(21)4-6-19/h3-6,11-13H,7-10,14H2,1-2H3,(H,22,25). The van der Waals surface area contributed by atoms with Gasteiger partial charge in [-0.25, -0.2) is 4.39 Å². The van der Waals surface area contributed by atoms with Crippen molar-refractivity contribution in [2.45, 2.75) is 13.8 Å². The highest BCUT2D eigenvalue weighted by Gasteiger charge is 2.19. The smallest absolute Gasteiger partial charge is 0.238 e. The minimum absolute atomic E-state index is 0.0141. The Kier molecular flexibility index (Phi) is 5.34. The highest BCUT2D eigenvalue weighted by molar-refractivity contribution is 5.92. The molecule has 0 aliphatic carbocycles. The molecule has 1 fully saturated rings. The number of benzene rings is 2. The minimum atomic E-state index is -0.217. The third kappa shape index (κ3) is 4.79. The Morgan fingerprint density at radius 1 is 1.00 bits per heavy atom. The van der Waals surface area contributed by atoms with Gasteiger partial charge in [0.25, 0.3) is 0 Å². The summed E-state index contributed by atoms with van der Waals surface area (Å²) in [6.07, 6.45) is 0. The van der Waals surface area contributed by atoms with Crippen LogP contribution in [0.2, 0.25) is 0 Å². The molecule has 1 saturated heterocycles. The number of aryl methyl sites for hydroxylation is 2. The molecular weight excluding hydrogens is 317 g/mol. The van der Waals surface area contributed by atoms with Gasteiger partial charge in [-0.05, 0) is 61.4 Å². The molecule has 0 aromatic heterocycles. The van der Waals surface area contributed by atoms with E-state index in [-0.39, 0.29) is 11.7 Å². The van der Waals surface area contributed by atoms with Gasteiger partial charge in [0.2, 0.25) is 5.91 Å². The summed E-state index contributed by atoms with van der Waals surface area (Å²) < 4.78 is 13.0. The first-order valence-corrected chi connectivity index (χ1v) is 8.60. The first kappa shape index (κ1) is 17.4. The van der Waals surface area contributed by atoms with E-state index in [0.717, 1.165) is 48.7 Å². The van der Waals surface area contributed by atoms with Gasteiger partial charge in [-0.2, -0.15) is 0 Å². The third-order valence-electron chi connectivity index (χ3n) is 4.44. The van der Waals surface area contributed by atoms with Crippen molar-refractivity contribution in [3.05, 3.63) is 59.4 Å². The quantitative estimate of drug-likeness (QED) is 0.928. The van der Waals surface area contributed by atoms with E-state index >= 15 is 0 Å². The van der Waals surface area contributed by atoms with E-state index in [9.17, 15) is 9.18 Å². The molecule has 2 aromatic rings. The highest BCUT2D eigenvalue weighted by Crippen LogP contribution is 2.17. The zero-order chi connectivity index (χ0) is 17.8. The van der Waals surface area contributed by atoms with Gasteiger partial charge in [-0.1, -0.05) is 6.07 Å². The Balaban J connectivity index is 1.50. The number of carbonyl (C=O) groups is 1. The molecule has 25 heavy (non-hydrogen) atoms. The van der Waals surface area contributed by atoms with E-state index in [2.05, 4.69) is 21.2 Å². The van der Waals surface area contributed by atoms with Crippen molar-refractivity contribution >= 4 is 17.3 Å². The number of hydrogen-bond acceptors (Lipinski definition) is 3. The van der Waals surface area contributed by atoms with E-state index in [1.165, 1.54) is 12.1 Å². The molecular formula is C20H24FN3O. The predicted molar refractivity (Wildman–Crippen MR) is 99.6 cm³/mol. The van der Waals surface area contributed by atoms with Crippen LogP contribution in [0.5, 0.6) is 0 Å². The molecule has 0 radical (unpaired) electrons. The lowest BCUT2D eigenvalue weighted by molar-refractivity contribution is -0.117. The topological polar surface area (TPSA) is 35.6 Å². The SMILES string of the molecule is Cc1cc(C)cc(NC(=O)CN2CCN(c3ccc(F)cc3)CC2)c1. The fourth-order valence-electron chi connectivity index (χ4n) is 3.27. The fourth-order valence-corrected chi connectivity index (χ4v) is 3.27. The minimum Gasteiger partial charge on any atom is -0.369 e. The first-order valence-electron chi connectivity index (χ1n) is 8.60. The molecule has 0 unspecified atom stereocenters. The van der Waals surface area contributed by atoms with Crippen LogP contribution in [0.25, 0.3) is 0 Å². The Morgan fingerprint density at radius 3 is 2.20 bits per heavy atom. The van der Waals surface area contributed by atoms with Crippen molar-refractivity contribution in [1.29, 1.82) is 0 Å².